The molecule has 0 atom stereocenters. The predicted octanol–water partition coefficient (Wildman–Crippen LogP) is 2.92. The molecule has 0 aliphatic carbocycles. The molecule has 0 amide bonds. The van der Waals surface area contributed by atoms with E-state index in [4.69, 9.17) is 0 Å². The molecule has 0 bridgehead atoms. The third kappa shape index (κ3) is 2.44. The Balaban J connectivity index is 2.24. The van der Waals surface area contributed by atoms with Gasteiger partial charge in [0.1, 0.15) is 0 Å². The topological polar surface area (TPSA) is 3.88 Å². The van der Waals surface area contributed by atoms with Crippen LogP contribution in [-0.2, 0) is 6.42 Å². The van der Waals surface area contributed by atoms with Crippen LogP contribution in [0, 0.1) is 0 Å². The summed E-state index contributed by atoms with van der Waals surface area (Å²) in [5.41, 5.74) is 2.63. The molecule has 0 saturated heterocycles. The number of rotatable bonds is 3. The largest absolute Gasteiger partial charge is 0.210 e. The van der Waals surface area contributed by atoms with E-state index in [0.717, 1.165) is 0 Å². The molecule has 15 heavy (non-hydrogen) atoms. The standard InChI is InChI=1S/C14H16N/c1-2-6-13-7-9-14(10-8-13)15-11-4-3-5-12-15/h3-5,7-12H,2,6H2,1H3/q+1. The van der Waals surface area contributed by atoms with E-state index in [2.05, 4.69) is 48.1 Å². The molecular formula is C14H16N+. The van der Waals surface area contributed by atoms with Gasteiger partial charge < -0.3 is 0 Å². The second-order valence-corrected chi connectivity index (χ2v) is 3.70. The molecule has 2 rings (SSSR count). The lowest BCUT2D eigenvalue weighted by Gasteiger charge is -1.98. The van der Waals surface area contributed by atoms with Crippen molar-refractivity contribution in [2.75, 3.05) is 0 Å². The van der Waals surface area contributed by atoms with Crippen LogP contribution in [0.2, 0.25) is 0 Å². The number of hydrogen-bond acceptors (Lipinski definition) is 0. The molecule has 0 aliphatic heterocycles. The van der Waals surface area contributed by atoms with Crippen molar-refractivity contribution in [1.29, 1.82) is 0 Å². The average Bonchev–Trinajstić information content (AvgIpc) is 2.32. The molecule has 1 aromatic carbocycles. The van der Waals surface area contributed by atoms with Crippen LogP contribution in [0.15, 0.2) is 54.9 Å². The van der Waals surface area contributed by atoms with E-state index in [-0.39, 0.29) is 0 Å². The second kappa shape index (κ2) is 4.74. The average molecular weight is 198 g/mol. The molecule has 0 spiro atoms. The number of benzene rings is 1. The zero-order valence-electron chi connectivity index (χ0n) is 9.06. The van der Waals surface area contributed by atoms with Gasteiger partial charge in [-0.1, -0.05) is 31.5 Å². The Hall–Kier alpha value is -1.63. The van der Waals surface area contributed by atoms with E-state index in [1.165, 1.54) is 24.1 Å². The molecule has 0 saturated carbocycles. The first-order valence-electron chi connectivity index (χ1n) is 5.46. The van der Waals surface area contributed by atoms with Crippen LogP contribution in [0.4, 0.5) is 0 Å². The molecule has 1 aromatic heterocycles. The molecule has 0 unspecified atom stereocenters. The van der Waals surface area contributed by atoms with Gasteiger partial charge in [0.15, 0.2) is 12.4 Å². The lowest BCUT2D eigenvalue weighted by atomic mass is 10.1. The van der Waals surface area contributed by atoms with E-state index >= 15 is 0 Å². The fourth-order valence-corrected chi connectivity index (χ4v) is 1.69. The highest BCUT2D eigenvalue weighted by Gasteiger charge is 2.02. The molecule has 1 heterocycles. The smallest absolute Gasteiger partial charge is 0.167 e. The van der Waals surface area contributed by atoms with E-state index in [1.54, 1.807) is 0 Å². The summed E-state index contributed by atoms with van der Waals surface area (Å²) in [6.07, 6.45) is 6.50. The van der Waals surface area contributed by atoms with Crippen LogP contribution in [0.1, 0.15) is 18.9 Å². The minimum absolute atomic E-state index is 1.17. The van der Waals surface area contributed by atoms with Gasteiger partial charge in [-0.3, -0.25) is 0 Å². The predicted molar refractivity (Wildman–Crippen MR) is 62.0 cm³/mol. The van der Waals surface area contributed by atoms with Crippen molar-refractivity contribution in [2.24, 2.45) is 0 Å². The minimum atomic E-state index is 1.17. The molecular weight excluding hydrogens is 182 g/mol. The summed E-state index contributed by atoms with van der Waals surface area (Å²) in [6.45, 7) is 2.21. The zero-order chi connectivity index (χ0) is 10.5. The Morgan fingerprint density at radius 2 is 1.60 bits per heavy atom. The number of aryl methyl sites for hydroxylation is 1. The normalized spacial score (nSPS) is 10.2. The summed E-state index contributed by atoms with van der Waals surface area (Å²) in [5.74, 6) is 0. The third-order valence-electron chi connectivity index (χ3n) is 2.49. The van der Waals surface area contributed by atoms with Crippen LogP contribution in [0.3, 0.4) is 0 Å². The molecule has 1 nitrogen and oxygen atoms in total. The lowest BCUT2D eigenvalue weighted by molar-refractivity contribution is -0.595. The van der Waals surface area contributed by atoms with E-state index < -0.39 is 0 Å². The molecule has 2 aromatic rings. The molecule has 0 radical (unpaired) electrons. The monoisotopic (exact) mass is 198 g/mol. The summed E-state index contributed by atoms with van der Waals surface area (Å²) in [5, 5.41) is 0. The van der Waals surface area contributed by atoms with E-state index in [9.17, 15) is 0 Å². The first kappa shape index (κ1) is 9.91. The molecule has 0 N–H and O–H groups in total. The molecule has 0 aliphatic rings. The van der Waals surface area contributed by atoms with Gasteiger partial charge in [-0.15, -0.1) is 0 Å². The van der Waals surface area contributed by atoms with Crippen LogP contribution >= 0.6 is 0 Å². The van der Waals surface area contributed by atoms with Crippen molar-refractivity contribution in [1.82, 2.24) is 0 Å². The summed E-state index contributed by atoms with van der Waals surface area (Å²) in [7, 11) is 0. The van der Waals surface area contributed by atoms with Gasteiger partial charge in [0.05, 0.1) is 0 Å². The first-order chi connectivity index (χ1) is 7.40. The van der Waals surface area contributed by atoms with Gasteiger partial charge >= 0.3 is 0 Å². The van der Waals surface area contributed by atoms with Gasteiger partial charge in [-0.05, 0) is 12.0 Å². The van der Waals surface area contributed by atoms with Gasteiger partial charge in [-0.25, -0.2) is 0 Å². The number of nitrogens with zero attached hydrogens (tertiary/aromatic N) is 1. The number of hydrogen-bond donors (Lipinski definition) is 0. The summed E-state index contributed by atoms with van der Waals surface area (Å²) >= 11 is 0. The van der Waals surface area contributed by atoms with Gasteiger partial charge in [0.2, 0.25) is 5.69 Å². The van der Waals surface area contributed by atoms with Crippen molar-refractivity contribution in [3.63, 3.8) is 0 Å². The maximum atomic E-state index is 2.21. The summed E-state index contributed by atoms with van der Waals surface area (Å²) in [4.78, 5) is 0. The quantitative estimate of drug-likeness (QED) is 0.668. The minimum Gasteiger partial charge on any atom is -0.167 e. The Labute approximate surface area is 91.0 Å². The Bertz CT molecular complexity index is 403. The Morgan fingerprint density at radius 3 is 2.20 bits per heavy atom. The van der Waals surface area contributed by atoms with Crippen molar-refractivity contribution >= 4 is 0 Å². The molecule has 76 valence electrons. The highest BCUT2D eigenvalue weighted by atomic mass is 14.9. The Morgan fingerprint density at radius 1 is 0.933 bits per heavy atom. The molecule has 1 heteroatoms. The van der Waals surface area contributed by atoms with Crippen LogP contribution in [0.5, 0.6) is 0 Å². The maximum absolute atomic E-state index is 2.21. The third-order valence-corrected chi connectivity index (χ3v) is 2.49. The van der Waals surface area contributed by atoms with Crippen molar-refractivity contribution in [2.45, 2.75) is 19.8 Å². The first-order valence-corrected chi connectivity index (χ1v) is 5.46. The Kier molecular flexibility index (Phi) is 3.13. The maximum Gasteiger partial charge on any atom is 0.210 e. The fourth-order valence-electron chi connectivity index (χ4n) is 1.69. The zero-order valence-corrected chi connectivity index (χ0v) is 9.06. The van der Waals surface area contributed by atoms with Crippen LogP contribution < -0.4 is 4.57 Å². The SMILES string of the molecule is CCCc1ccc(-[n+]2ccccc2)cc1. The van der Waals surface area contributed by atoms with Crippen molar-refractivity contribution in [3.05, 3.63) is 60.4 Å². The number of aromatic nitrogens is 1. The van der Waals surface area contributed by atoms with E-state index in [1.807, 2.05) is 18.2 Å². The van der Waals surface area contributed by atoms with E-state index in [0.29, 0.717) is 0 Å². The van der Waals surface area contributed by atoms with Crippen molar-refractivity contribution < 1.29 is 4.57 Å². The number of pyridine rings is 1. The van der Waals surface area contributed by atoms with Gasteiger partial charge in [0, 0.05) is 24.3 Å². The highest BCUT2D eigenvalue weighted by molar-refractivity contribution is 5.27. The second-order valence-electron chi connectivity index (χ2n) is 3.70. The van der Waals surface area contributed by atoms with Crippen molar-refractivity contribution in [3.8, 4) is 5.69 Å². The summed E-state index contributed by atoms with van der Waals surface area (Å²) < 4.78 is 2.12. The van der Waals surface area contributed by atoms with Gasteiger partial charge in [-0.2, -0.15) is 4.57 Å². The van der Waals surface area contributed by atoms with Crippen LogP contribution in [0.25, 0.3) is 5.69 Å². The lowest BCUT2D eigenvalue weighted by Crippen LogP contribution is -2.28. The molecule has 0 fully saturated rings. The van der Waals surface area contributed by atoms with Gasteiger partial charge in [0.25, 0.3) is 0 Å². The highest BCUT2D eigenvalue weighted by Crippen LogP contribution is 2.06. The summed E-state index contributed by atoms with van der Waals surface area (Å²) in [6, 6.07) is 14.9. The fraction of sp³-hybridized carbons (Fsp3) is 0.214. The van der Waals surface area contributed by atoms with Crippen LogP contribution in [-0.4, -0.2) is 0 Å².